The van der Waals surface area contributed by atoms with Gasteiger partial charge in [-0.15, -0.1) is 11.3 Å². The quantitative estimate of drug-likeness (QED) is 0.846. The van der Waals surface area contributed by atoms with Crippen molar-refractivity contribution in [3.05, 3.63) is 15.6 Å². The van der Waals surface area contributed by atoms with Crippen molar-refractivity contribution in [2.24, 2.45) is 5.73 Å². The van der Waals surface area contributed by atoms with E-state index in [2.05, 4.69) is 10.3 Å². The van der Waals surface area contributed by atoms with Gasteiger partial charge in [-0.2, -0.15) is 0 Å². The monoisotopic (exact) mass is 241 g/mol. The average Bonchev–Trinajstić information content (AvgIpc) is 2.43. The molecule has 16 heavy (non-hydrogen) atoms. The standard InChI is InChI=1S/C11H19N3OS/c1-6-9(16-8(3)13-6)7(2)14-10(15)11(4,5)12/h7H,12H2,1-5H3,(H,14,15). The lowest BCUT2D eigenvalue weighted by molar-refractivity contribution is -0.125. The number of nitrogens with one attached hydrogen (secondary N) is 1. The molecule has 4 nitrogen and oxygen atoms in total. The third-order valence-corrected chi connectivity index (χ3v) is 3.52. The van der Waals surface area contributed by atoms with E-state index in [4.69, 9.17) is 5.73 Å². The molecule has 3 N–H and O–H groups in total. The molecule has 0 radical (unpaired) electrons. The average molecular weight is 241 g/mol. The highest BCUT2D eigenvalue weighted by Crippen LogP contribution is 2.24. The number of carbonyl (C=O) groups excluding carboxylic acids is 1. The number of nitrogens with zero attached hydrogens (tertiary/aromatic N) is 1. The third kappa shape index (κ3) is 3.02. The number of nitrogens with two attached hydrogens (primary N) is 1. The van der Waals surface area contributed by atoms with Crippen molar-refractivity contribution in [1.82, 2.24) is 10.3 Å². The van der Waals surface area contributed by atoms with Crippen LogP contribution in [-0.2, 0) is 4.79 Å². The molecular formula is C11H19N3OS. The highest BCUT2D eigenvalue weighted by Gasteiger charge is 2.24. The summed E-state index contributed by atoms with van der Waals surface area (Å²) in [6.07, 6.45) is 0. The molecule has 5 heteroatoms. The molecule has 1 amide bonds. The number of hydrogen-bond acceptors (Lipinski definition) is 4. The van der Waals surface area contributed by atoms with Crippen LogP contribution in [0.4, 0.5) is 0 Å². The number of hydrogen-bond donors (Lipinski definition) is 2. The van der Waals surface area contributed by atoms with E-state index in [0.717, 1.165) is 15.6 Å². The Bertz CT molecular complexity index is 392. The fourth-order valence-electron chi connectivity index (χ4n) is 1.40. The van der Waals surface area contributed by atoms with Gasteiger partial charge in [-0.3, -0.25) is 4.79 Å². The summed E-state index contributed by atoms with van der Waals surface area (Å²) in [5.41, 5.74) is 5.86. The topological polar surface area (TPSA) is 68.0 Å². The summed E-state index contributed by atoms with van der Waals surface area (Å²) >= 11 is 1.61. The lowest BCUT2D eigenvalue weighted by Crippen LogP contribution is -2.49. The van der Waals surface area contributed by atoms with E-state index in [-0.39, 0.29) is 11.9 Å². The van der Waals surface area contributed by atoms with Crippen molar-refractivity contribution >= 4 is 17.2 Å². The Kier molecular flexibility index (Phi) is 3.70. The van der Waals surface area contributed by atoms with Crippen molar-refractivity contribution in [2.75, 3.05) is 0 Å². The minimum atomic E-state index is -0.845. The highest BCUT2D eigenvalue weighted by molar-refractivity contribution is 7.11. The van der Waals surface area contributed by atoms with Crippen LogP contribution in [0.3, 0.4) is 0 Å². The fraction of sp³-hybridized carbons (Fsp3) is 0.636. The number of carbonyl (C=O) groups is 1. The van der Waals surface area contributed by atoms with Gasteiger partial charge in [-0.1, -0.05) is 0 Å². The first kappa shape index (κ1) is 13.1. The molecule has 0 aliphatic carbocycles. The maximum atomic E-state index is 11.7. The van der Waals surface area contributed by atoms with Crippen LogP contribution in [0.25, 0.3) is 0 Å². The molecule has 0 aliphatic heterocycles. The van der Waals surface area contributed by atoms with Gasteiger partial charge in [0.15, 0.2) is 0 Å². The Morgan fingerprint density at radius 1 is 1.50 bits per heavy atom. The second-order valence-corrected chi connectivity index (χ2v) is 5.83. The Hall–Kier alpha value is -0.940. The molecular weight excluding hydrogens is 222 g/mol. The van der Waals surface area contributed by atoms with E-state index < -0.39 is 5.54 Å². The minimum absolute atomic E-state index is 0.0403. The fourth-order valence-corrected chi connectivity index (χ4v) is 2.33. The molecule has 1 aromatic rings. The van der Waals surface area contributed by atoms with Crippen molar-refractivity contribution < 1.29 is 4.79 Å². The summed E-state index contributed by atoms with van der Waals surface area (Å²) in [5.74, 6) is -0.148. The lowest BCUT2D eigenvalue weighted by atomic mass is 10.1. The number of rotatable bonds is 3. The van der Waals surface area contributed by atoms with E-state index in [0.29, 0.717) is 0 Å². The van der Waals surface area contributed by atoms with Gasteiger partial charge in [0, 0.05) is 4.88 Å². The van der Waals surface area contributed by atoms with E-state index in [1.807, 2.05) is 20.8 Å². The molecule has 1 atom stereocenters. The van der Waals surface area contributed by atoms with Crippen molar-refractivity contribution in [2.45, 2.75) is 46.2 Å². The summed E-state index contributed by atoms with van der Waals surface area (Å²) in [4.78, 5) is 17.1. The molecule has 0 saturated heterocycles. The van der Waals surface area contributed by atoms with Crippen LogP contribution in [0, 0.1) is 13.8 Å². The maximum absolute atomic E-state index is 11.7. The van der Waals surface area contributed by atoms with Crippen LogP contribution in [-0.4, -0.2) is 16.4 Å². The van der Waals surface area contributed by atoms with Crippen LogP contribution in [0.5, 0.6) is 0 Å². The lowest BCUT2D eigenvalue weighted by Gasteiger charge is -2.21. The number of aromatic nitrogens is 1. The zero-order valence-electron chi connectivity index (χ0n) is 10.4. The van der Waals surface area contributed by atoms with Crippen LogP contribution in [0.15, 0.2) is 0 Å². The predicted molar refractivity (Wildman–Crippen MR) is 66.4 cm³/mol. The zero-order chi connectivity index (χ0) is 12.5. The van der Waals surface area contributed by atoms with Gasteiger partial charge < -0.3 is 11.1 Å². The Labute approximate surface area is 100 Å². The SMILES string of the molecule is Cc1nc(C)c(C(C)NC(=O)C(C)(C)N)s1. The molecule has 0 spiro atoms. The van der Waals surface area contributed by atoms with Crippen LogP contribution >= 0.6 is 11.3 Å². The molecule has 1 unspecified atom stereocenters. The molecule has 1 rings (SSSR count). The summed E-state index contributed by atoms with van der Waals surface area (Å²) in [6.45, 7) is 9.25. The van der Waals surface area contributed by atoms with Gasteiger partial charge in [0.05, 0.1) is 22.3 Å². The van der Waals surface area contributed by atoms with Gasteiger partial charge in [0.1, 0.15) is 0 Å². The largest absolute Gasteiger partial charge is 0.347 e. The zero-order valence-corrected chi connectivity index (χ0v) is 11.2. The van der Waals surface area contributed by atoms with Crippen molar-refractivity contribution in [1.29, 1.82) is 0 Å². The second kappa shape index (κ2) is 4.51. The van der Waals surface area contributed by atoms with Gasteiger partial charge >= 0.3 is 0 Å². The van der Waals surface area contributed by atoms with Crippen molar-refractivity contribution in [3.8, 4) is 0 Å². The van der Waals surface area contributed by atoms with Crippen molar-refractivity contribution in [3.63, 3.8) is 0 Å². The molecule has 90 valence electrons. The van der Waals surface area contributed by atoms with Crippen LogP contribution in [0.1, 0.15) is 42.4 Å². The van der Waals surface area contributed by atoms with Gasteiger partial charge in [0.2, 0.25) is 5.91 Å². The minimum Gasteiger partial charge on any atom is -0.347 e. The second-order valence-electron chi connectivity index (χ2n) is 4.60. The van der Waals surface area contributed by atoms with E-state index in [9.17, 15) is 4.79 Å². The molecule has 0 bridgehead atoms. The van der Waals surface area contributed by atoms with Gasteiger partial charge in [-0.25, -0.2) is 4.98 Å². The normalized spacial score (nSPS) is 13.6. The van der Waals surface area contributed by atoms with E-state index in [1.165, 1.54) is 0 Å². The maximum Gasteiger partial charge on any atom is 0.240 e. The molecule has 0 saturated carbocycles. The summed E-state index contributed by atoms with van der Waals surface area (Å²) in [6, 6.07) is -0.0403. The third-order valence-electron chi connectivity index (χ3n) is 2.27. The van der Waals surface area contributed by atoms with Gasteiger partial charge in [0.25, 0.3) is 0 Å². The van der Waals surface area contributed by atoms with Crippen LogP contribution in [0.2, 0.25) is 0 Å². The van der Waals surface area contributed by atoms with E-state index in [1.54, 1.807) is 25.2 Å². The summed E-state index contributed by atoms with van der Waals surface area (Å²) in [5, 5.41) is 3.91. The molecule has 0 aromatic carbocycles. The molecule has 0 fully saturated rings. The number of aryl methyl sites for hydroxylation is 2. The number of thiazole rings is 1. The smallest absolute Gasteiger partial charge is 0.240 e. The predicted octanol–water partition coefficient (Wildman–Crippen LogP) is 1.67. The number of amides is 1. The van der Waals surface area contributed by atoms with Gasteiger partial charge in [-0.05, 0) is 34.6 Å². The molecule has 0 aliphatic rings. The highest BCUT2D eigenvalue weighted by atomic mass is 32.1. The molecule has 1 aromatic heterocycles. The Morgan fingerprint density at radius 2 is 2.06 bits per heavy atom. The van der Waals surface area contributed by atoms with Crippen LogP contribution < -0.4 is 11.1 Å². The first-order valence-electron chi connectivity index (χ1n) is 5.25. The Balaban J connectivity index is 2.77. The van der Waals surface area contributed by atoms with E-state index >= 15 is 0 Å². The first-order chi connectivity index (χ1) is 7.21. The molecule has 1 heterocycles. The first-order valence-corrected chi connectivity index (χ1v) is 6.07. The summed E-state index contributed by atoms with van der Waals surface area (Å²) in [7, 11) is 0. The Morgan fingerprint density at radius 3 is 2.44 bits per heavy atom. The summed E-state index contributed by atoms with van der Waals surface area (Å²) < 4.78 is 0.